The van der Waals surface area contributed by atoms with Crippen molar-refractivity contribution in [2.24, 2.45) is 0 Å². The molecule has 1 aromatic carbocycles. The molecular formula is C15H14FN3O. The van der Waals surface area contributed by atoms with Gasteiger partial charge in [0.1, 0.15) is 11.3 Å². The van der Waals surface area contributed by atoms with E-state index in [0.29, 0.717) is 17.1 Å². The van der Waals surface area contributed by atoms with Crippen molar-refractivity contribution in [3.05, 3.63) is 54.1 Å². The van der Waals surface area contributed by atoms with Crippen LogP contribution in [0.25, 0.3) is 11.1 Å². The van der Waals surface area contributed by atoms with Gasteiger partial charge in [0, 0.05) is 38.0 Å². The van der Waals surface area contributed by atoms with Crippen molar-refractivity contribution in [2.75, 3.05) is 18.5 Å². The van der Waals surface area contributed by atoms with Crippen LogP contribution in [0.2, 0.25) is 0 Å². The molecule has 0 radical (unpaired) electrons. The largest absolute Gasteiger partial charge is 0.423 e. The molecular weight excluding hydrogens is 257 g/mol. The lowest BCUT2D eigenvalue weighted by atomic mass is 10.2. The van der Waals surface area contributed by atoms with Crippen LogP contribution in [0.1, 0.15) is 5.69 Å². The quantitative estimate of drug-likeness (QED) is 0.731. The summed E-state index contributed by atoms with van der Waals surface area (Å²) in [6.07, 6.45) is 2.57. The number of benzene rings is 1. The molecule has 2 aromatic heterocycles. The van der Waals surface area contributed by atoms with E-state index in [9.17, 15) is 4.39 Å². The average molecular weight is 271 g/mol. The highest BCUT2D eigenvalue weighted by Gasteiger charge is 2.11. The van der Waals surface area contributed by atoms with E-state index in [1.54, 1.807) is 12.3 Å². The summed E-state index contributed by atoms with van der Waals surface area (Å²) in [4.78, 5) is 10.5. The molecule has 0 atom stereocenters. The number of fused-ring (bicyclic) bond motifs is 1. The van der Waals surface area contributed by atoms with E-state index in [1.807, 2.05) is 30.1 Å². The molecule has 0 aliphatic rings. The van der Waals surface area contributed by atoms with Crippen molar-refractivity contribution in [1.82, 2.24) is 9.97 Å². The fraction of sp³-hybridized carbons (Fsp3) is 0.200. The van der Waals surface area contributed by atoms with Crippen LogP contribution in [0.3, 0.4) is 0 Å². The van der Waals surface area contributed by atoms with E-state index in [4.69, 9.17) is 4.42 Å². The second kappa shape index (κ2) is 5.28. The average Bonchev–Trinajstić information content (AvgIpc) is 2.89. The molecule has 0 amide bonds. The molecule has 3 aromatic rings. The molecule has 4 nitrogen and oxygen atoms in total. The lowest BCUT2D eigenvalue weighted by molar-refractivity contribution is 0.575. The van der Waals surface area contributed by atoms with Crippen molar-refractivity contribution in [3.63, 3.8) is 0 Å². The molecule has 2 heterocycles. The molecule has 102 valence electrons. The Kier molecular flexibility index (Phi) is 3.33. The molecule has 0 aliphatic carbocycles. The van der Waals surface area contributed by atoms with E-state index in [1.165, 1.54) is 12.1 Å². The fourth-order valence-electron chi connectivity index (χ4n) is 1.97. The second-order valence-corrected chi connectivity index (χ2v) is 4.60. The van der Waals surface area contributed by atoms with Crippen LogP contribution < -0.4 is 4.90 Å². The van der Waals surface area contributed by atoms with Crippen molar-refractivity contribution in [1.29, 1.82) is 0 Å². The number of aromatic nitrogens is 2. The highest BCUT2D eigenvalue weighted by atomic mass is 19.1. The van der Waals surface area contributed by atoms with Crippen LogP contribution in [-0.2, 0) is 6.42 Å². The number of nitrogens with zero attached hydrogens (tertiary/aromatic N) is 3. The Labute approximate surface area is 115 Å². The van der Waals surface area contributed by atoms with Gasteiger partial charge in [-0.15, -0.1) is 0 Å². The Balaban J connectivity index is 1.73. The minimum atomic E-state index is -0.323. The topological polar surface area (TPSA) is 42.2 Å². The van der Waals surface area contributed by atoms with Gasteiger partial charge in [0.25, 0.3) is 6.01 Å². The number of rotatable bonds is 4. The molecule has 0 saturated carbocycles. The molecule has 5 heteroatoms. The minimum Gasteiger partial charge on any atom is -0.423 e. The van der Waals surface area contributed by atoms with E-state index >= 15 is 0 Å². The van der Waals surface area contributed by atoms with E-state index in [0.717, 1.165) is 18.7 Å². The highest BCUT2D eigenvalue weighted by molar-refractivity contribution is 5.74. The molecule has 0 saturated heterocycles. The molecule has 0 bridgehead atoms. The van der Waals surface area contributed by atoms with E-state index in [2.05, 4.69) is 9.97 Å². The Morgan fingerprint density at radius 1 is 1.25 bits per heavy atom. The van der Waals surface area contributed by atoms with Gasteiger partial charge in [0.15, 0.2) is 5.58 Å². The number of anilines is 1. The third-order valence-corrected chi connectivity index (χ3v) is 3.10. The van der Waals surface area contributed by atoms with Gasteiger partial charge in [0.2, 0.25) is 0 Å². The number of likely N-dealkylation sites (N-methyl/N-ethyl adjacent to an activating group) is 1. The first-order valence-electron chi connectivity index (χ1n) is 6.39. The standard InChI is InChI=1S/C15H14FN3O/c1-19(9-7-12-4-2-3-8-17-12)15-18-13-6-5-11(16)10-14(13)20-15/h2-6,8,10H,7,9H2,1H3. The van der Waals surface area contributed by atoms with Crippen LogP contribution in [-0.4, -0.2) is 23.6 Å². The zero-order chi connectivity index (χ0) is 13.9. The van der Waals surface area contributed by atoms with Crippen LogP contribution in [0.15, 0.2) is 47.0 Å². The second-order valence-electron chi connectivity index (χ2n) is 4.60. The van der Waals surface area contributed by atoms with E-state index < -0.39 is 0 Å². The maximum Gasteiger partial charge on any atom is 0.298 e. The smallest absolute Gasteiger partial charge is 0.298 e. The van der Waals surface area contributed by atoms with Crippen LogP contribution in [0.5, 0.6) is 0 Å². The molecule has 0 aliphatic heterocycles. The van der Waals surface area contributed by atoms with Gasteiger partial charge in [-0.2, -0.15) is 4.98 Å². The molecule has 3 rings (SSSR count). The molecule has 0 fully saturated rings. The first-order chi connectivity index (χ1) is 9.72. The van der Waals surface area contributed by atoms with Gasteiger partial charge in [-0.25, -0.2) is 4.39 Å². The van der Waals surface area contributed by atoms with Crippen LogP contribution in [0, 0.1) is 5.82 Å². The van der Waals surface area contributed by atoms with Gasteiger partial charge in [-0.1, -0.05) is 6.07 Å². The first kappa shape index (κ1) is 12.6. The first-order valence-corrected chi connectivity index (χ1v) is 6.39. The van der Waals surface area contributed by atoms with Crippen molar-refractivity contribution in [3.8, 4) is 0 Å². The normalized spacial score (nSPS) is 10.9. The van der Waals surface area contributed by atoms with E-state index in [-0.39, 0.29) is 5.82 Å². The highest BCUT2D eigenvalue weighted by Crippen LogP contribution is 2.21. The van der Waals surface area contributed by atoms with Gasteiger partial charge >= 0.3 is 0 Å². The molecule has 20 heavy (non-hydrogen) atoms. The summed E-state index contributed by atoms with van der Waals surface area (Å²) < 4.78 is 18.7. The third kappa shape index (κ3) is 2.61. The number of halogens is 1. The van der Waals surface area contributed by atoms with Crippen LogP contribution >= 0.6 is 0 Å². The third-order valence-electron chi connectivity index (χ3n) is 3.10. The predicted octanol–water partition coefficient (Wildman–Crippen LogP) is 3.04. The van der Waals surface area contributed by atoms with Crippen molar-refractivity contribution >= 4 is 17.1 Å². The summed E-state index contributed by atoms with van der Waals surface area (Å²) in [7, 11) is 1.89. The zero-order valence-electron chi connectivity index (χ0n) is 11.1. The Morgan fingerprint density at radius 3 is 2.95 bits per heavy atom. The maximum absolute atomic E-state index is 13.1. The number of oxazole rings is 1. The number of hydrogen-bond donors (Lipinski definition) is 0. The SMILES string of the molecule is CN(CCc1ccccn1)c1nc2ccc(F)cc2o1. The Bertz CT molecular complexity index is 711. The summed E-state index contributed by atoms with van der Waals surface area (Å²) >= 11 is 0. The number of hydrogen-bond acceptors (Lipinski definition) is 4. The Hall–Kier alpha value is -2.43. The monoisotopic (exact) mass is 271 g/mol. The molecule has 0 N–H and O–H groups in total. The number of pyridine rings is 1. The summed E-state index contributed by atoms with van der Waals surface area (Å²) in [5.41, 5.74) is 2.14. The molecule has 0 spiro atoms. The summed E-state index contributed by atoms with van der Waals surface area (Å²) in [5, 5.41) is 0. The fourth-order valence-corrected chi connectivity index (χ4v) is 1.97. The summed E-state index contributed by atoms with van der Waals surface area (Å²) in [5.74, 6) is -0.323. The van der Waals surface area contributed by atoms with Gasteiger partial charge in [-0.05, 0) is 24.3 Å². The predicted molar refractivity (Wildman–Crippen MR) is 75.2 cm³/mol. The summed E-state index contributed by atoms with van der Waals surface area (Å²) in [6, 6.07) is 10.7. The lowest BCUT2D eigenvalue weighted by Crippen LogP contribution is -2.20. The van der Waals surface area contributed by atoms with Crippen LogP contribution in [0.4, 0.5) is 10.4 Å². The van der Waals surface area contributed by atoms with Crippen molar-refractivity contribution < 1.29 is 8.81 Å². The maximum atomic E-state index is 13.1. The summed E-state index contributed by atoms with van der Waals surface area (Å²) in [6.45, 7) is 0.728. The minimum absolute atomic E-state index is 0.323. The van der Waals surface area contributed by atoms with Gasteiger partial charge < -0.3 is 9.32 Å². The van der Waals surface area contributed by atoms with Gasteiger partial charge in [0.05, 0.1) is 0 Å². The zero-order valence-corrected chi connectivity index (χ0v) is 11.1. The van der Waals surface area contributed by atoms with Gasteiger partial charge in [-0.3, -0.25) is 4.98 Å². The molecule has 0 unspecified atom stereocenters. The van der Waals surface area contributed by atoms with Crippen molar-refractivity contribution in [2.45, 2.75) is 6.42 Å². The Morgan fingerprint density at radius 2 is 2.15 bits per heavy atom. The lowest BCUT2D eigenvalue weighted by Gasteiger charge is -2.13.